The normalized spacial score (nSPS) is 12.8. The van der Waals surface area contributed by atoms with Crippen molar-refractivity contribution in [2.75, 3.05) is 26.3 Å². The van der Waals surface area contributed by atoms with Gasteiger partial charge in [-0.15, -0.1) is 12.4 Å². The molecular formula is C29H58ClNO4. The zero-order chi connectivity index (χ0) is 25.3. The molecule has 0 heterocycles. The van der Waals surface area contributed by atoms with E-state index < -0.39 is 5.97 Å². The van der Waals surface area contributed by atoms with Gasteiger partial charge in [0, 0.05) is 19.2 Å². The molecule has 5 nitrogen and oxygen atoms in total. The van der Waals surface area contributed by atoms with Gasteiger partial charge in [-0.2, -0.15) is 0 Å². The van der Waals surface area contributed by atoms with E-state index in [0.717, 1.165) is 19.2 Å². The van der Waals surface area contributed by atoms with Gasteiger partial charge in [0.05, 0.1) is 6.61 Å². The molecular weight excluding hydrogens is 462 g/mol. The maximum atomic E-state index is 11.1. The number of nitrogens with zero attached hydrogens (tertiary/aromatic N) is 1. The van der Waals surface area contributed by atoms with Gasteiger partial charge < -0.3 is 14.2 Å². The van der Waals surface area contributed by atoms with Crippen LogP contribution in [-0.4, -0.2) is 49.7 Å². The largest absolute Gasteiger partial charge is 0.460 e. The SMILES string of the molecule is C=CC(=O)OCCOC(C)OC(C)N(CCCCCCCCCC)CCCCCCCCCC.Cl. The molecule has 0 fully saturated rings. The predicted molar refractivity (Wildman–Crippen MR) is 151 cm³/mol. The fraction of sp³-hybridized carbons (Fsp3) is 0.897. The topological polar surface area (TPSA) is 48.0 Å². The van der Waals surface area contributed by atoms with Crippen LogP contribution in [0.5, 0.6) is 0 Å². The molecule has 0 bridgehead atoms. The van der Waals surface area contributed by atoms with Crippen molar-refractivity contribution in [3.8, 4) is 0 Å². The average molecular weight is 520 g/mol. The number of hydrogen-bond donors (Lipinski definition) is 0. The van der Waals surface area contributed by atoms with E-state index in [9.17, 15) is 4.79 Å². The number of hydrogen-bond acceptors (Lipinski definition) is 5. The van der Waals surface area contributed by atoms with Crippen LogP contribution in [0.3, 0.4) is 0 Å². The minimum atomic E-state index is -0.424. The van der Waals surface area contributed by atoms with Gasteiger partial charge in [0.15, 0.2) is 6.29 Å². The number of esters is 1. The number of unbranched alkanes of at least 4 members (excludes halogenated alkanes) is 14. The third kappa shape index (κ3) is 24.8. The fourth-order valence-electron chi connectivity index (χ4n) is 4.19. The lowest BCUT2D eigenvalue weighted by molar-refractivity contribution is -0.197. The average Bonchev–Trinajstić information content (AvgIpc) is 2.83. The lowest BCUT2D eigenvalue weighted by Gasteiger charge is -2.31. The van der Waals surface area contributed by atoms with E-state index >= 15 is 0 Å². The van der Waals surface area contributed by atoms with Crippen LogP contribution in [0, 0.1) is 0 Å². The molecule has 35 heavy (non-hydrogen) atoms. The molecule has 0 aromatic heterocycles. The van der Waals surface area contributed by atoms with Crippen molar-refractivity contribution in [2.24, 2.45) is 0 Å². The maximum Gasteiger partial charge on any atom is 0.330 e. The van der Waals surface area contributed by atoms with Crippen LogP contribution in [0.25, 0.3) is 0 Å². The molecule has 0 saturated heterocycles. The summed E-state index contributed by atoms with van der Waals surface area (Å²) in [5, 5.41) is 0. The van der Waals surface area contributed by atoms with E-state index in [2.05, 4.69) is 32.3 Å². The standard InChI is InChI=1S/C29H57NO4.ClH/c1-6-9-11-13-15-17-19-21-23-30(24-22-20-18-16-14-12-10-7-2)27(4)34-28(5)32-25-26-33-29(31)8-3;/h8,27-28H,3,6-7,9-26H2,1-2,4-5H3;1H. The molecule has 2 unspecified atom stereocenters. The summed E-state index contributed by atoms with van der Waals surface area (Å²) in [5.74, 6) is -0.424. The zero-order valence-electron chi connectivity index (χ0n) is 23.6. The van der Waals surface area contributed by atoms with Gasteiger partial charge in [0.2, 0.25) is 0 Å². The van der Waals surface area contributed by atoms with Crippen molar-refractivity contribution in [3.05, 3.63) is 12.7 Å². The molecule has 0 aromatic carbocycles. The number of carbonyl (C=O) groups is 1. The summed E-state index contributed by atoms with van der Waals surface area (Å²) in [5.41, 5.74) is 0. The first-order chi connectivity index (χ1) is 16.5. The van der Waals surface area contributed by atoms with E-state index in [1.165, 1.54) is 103 Å². The molecule has 0 aromatic rings. The van der Waals surface area contributed by atoms with Crippen molar-refractivity contribution in [1.82, 2.24) is 4.90 Å². The molecule has 0 saturated carbocycles. The highest BCUT2D eigenvalue weighted by Gasteiger charge is 2.17. The van der Waals surface area contributed by atoms with E-state index in [4.69, 9.17) is 14.2 Å². The van der Waals surface area contributed by atoms with E-state index in [-0.39, 0.29) is 31.5 Å². The van der Waals surface area contributed by atoms with Crippen molar-refractivity contribution >= 4 is 18.4 Å². The first kappa shape index (κ1) is 36.5. The third-order valence-electron chi connectivity index (χ3n) is 6.35. The molecule has 2 atom stereocenters. The highest BCUT2D eigenvalue weighted by Crippen LogP contribution is 2.14. The van der Waals surface area contributed by atoms with Crippen LogP contribution in [0.1, 0.15) is 130 Å². The summed E-state index contributed by atoms with van der Waals surface area (Å²) in [6.07, 6.45) is 22.2. The van der Waals surface area contributed by atoms with Crippen LogP contribution in [-0.2, 0) is 19.0 Å². The van der Waals surface area contributed by atoms with E-state index in [1.807, 2.05) is 6.92 Å². The Morgan fingerprint density at radius 1 is 0.743 bits per heavy atom. The molecule has 0 radical (unpaired) electrons. The van der Waals surface area contributed by atoms with Crippen LogP contribution in [0.2, 0.25) is 0 Å². The molecule has 0 aliphatic heterocycles. The summed E-state index contributed by atoms with van der Waals surface area (Å²) in [7, 11) is 0. The Bertz CT molecular complexity index is 444. The second kappa shape index (κ2) is 28.0. The Labute approximate surface area is 224 Å². The molecule has 0 aliphatic rings. The minimum absolute atomic E-state index is 0. The van der Waals surface area contributed by atoms with Gasteiger partial charge in [-0.25, -0.2) is 4.79 Å². The molecule has 0 aliphatic carbocycles. The minimum Gasteiger partial charge on any atom is -0.460 e. The Hall–Kier alpha value is -0.620. The second-order valence-electron chi connectivity index (χ2n) is 9.53. The van der Waals surface area contributed by atoms with Gasteiger partial charge in [0.25, 0.3) is 0 Å². The number of ether oxygens (including phenoxy) is 3. The monoisotopic (exact) mass is 519 g/mol. The van der Waals surface area contributed by atoms with Crippen molar-refractivity contribution in [3.63, 3.8) is 0 Å². The Morgan fingerprint density at radius 2 is 1.17 bits per heavy atom. The van der Waals surface area contributed by atoms with Gasteiger partial charge in [0.1, 0.15) is 12.8 Å². The van der Waals surface area contributed by atoms with Crippen molar-refractivity contribution in [1.29, 1.82) is 0 Å². The van der Waals surface area contributed by atoms with Gasteiger partial charge in [-0.05, 0) is 26.7 Å². The maximum absolute atomic E-state index is 11.1. The Morgan fingerprint density at radius 3 is 1.60 bits per heavy atom. The summed E-state index contributed by atoms with van der Waals surface area (Å²) in [6, 6.07) is 0. The molecule has 210 valence electrons. The summed E-state index contributed by atoms with van der Waals surface area (Å²) in [4.78, 5) is 13.6. The van der Waals surface area contributed by atoms with Crippen LogP contribution < -0.4 is 0 Å². The quantitative estimate of drug-likeness (QED) is 0.0496. The van der Waals surface area contributed by atoms with Crippen LogP contribution >= 0.6 is 12.4 Å². The number of halogens is 1. The van der Waals surface area contributed by atoms with Crippen LogP contribution in [0.4, 0.5) is 0 Å². The smallest absolute Gasteiger partial charge is 0.330 e. The first-order valence-electron chi connectivity index (χ1n) is 14.3. The van der Waals surface area contributed by atoms with Gasteiger partial charge >= 0.3 is 5.97 Å². The Kier molecular flexibility index (Phi) is 29.2. The Balaban J connectivity index is 0. The lowest BCUT2D eigenvalue weighted by atomic mass is 10.1. The van der Waals surface area contributed by atoms with E-state index in [1.54, 1.807) is 0 Å². The third-order valence-corrected chi connectivity index (χ3v) is 6.35. The lowest BCUT2D eigenvalue weighted by Crippen LogP contribution is -2.39. The van der Waals surface area contributed by atoms with Crippen molar-refractivity contribution < 1.29 is 19.0 Å². The highest BCUT2D eigenvalue weighted by molar-refractivity contribution is 5.85. The number of rotatable bonds is 26. The predicted octanol–water partition coefficient (Wildman–Crippen LogP) is 8.45. The molecule has 0 spiro atoms. The second-order valence-corrected chi connectivity index (χ2v) is 9.53. The molecule has 0 amide bonds. The molecule has 0 N–H and O–H groups in total. The summed E-state index contributed by atoms with van der Waals surface area (Å²) < 4.78 is 16.8. The van der Waals surface area contributed by atoms with Gasteiger partial charge in [-0.1, -0.05) is 110 Å². The van der Waals surface area contributed by atoms with Gasteiger partial charge in [-0.3, -0.25) is 4.90 Å². The zero-order valence-corrected chi connectivity index (χ0v) is 24.4. The number of carbonyl (C=O) groups excluding carboxylic acids is 1. The first-order valence-corrected chi connectivity index (χ1v) is 14.3. The molecule has 0 rings (SSSR count). The molecule has 6 heteroatoms. The summed E-state index contributed by atoms with van der Waals surface area (Å²) >= 11 is 0. The van der Waals surface area contributed by atoms with Crippen molar-refractivity contribution in [2.45, 2.75) is 143 Å². The van der Waals surface area contributed by atoms with E-state index in [0.29, 0.717) is 6.61 Å². The van der Waals surface area contributed by atoms with Crippen LogP contribution in [0.15, 0.2) is 12.7 Å². The summed E-state index contributed by atoms with van der Waals surface area (Å²) in [6.45, 7) is 14.7. The highest BCUT2D eigenvalue weighted by atomic mass is 35.5. The fourth-order valence-corrected chi connectivity index (χ4v) is 4.19.